The van der Waals surface area contributed by atoms with Gasteiger partial charge in [-0.05, 0) is 80.5 Å². The number of carbonyl (C=O) groups is 1. The number of carbonyl (C=O) groups excluding carboxylic acids is 1. The summed E-state index contributed by atoms with van der Waals surface area (Å²) in [5.41, 5.74) is 3.08. The van der Waals surface area contributed by atoms with Gasteiger partial charge in [0.2, 0.25) is 0 Å². The van der Waals surface area contributed by atoms with E-state index in [4.69, 9.17) is 0 Å². The van der Waals surface area contributed by atoms with E-state index >= 15 is 0 Å². The molecule has 4 aromatic rings. The molecule has 3 N–H and O–H groups in total. The predicted molar refractivity (Wildman–Crippen MR) is 119 cm³/mol. The standard InChI is InChI=1S/C25H23F3N4O/c1-13-21(30-12-29-13)24(33)32-25(2)10-14(11-25)7-18-19-8-17(27)9-20(28)23(19)31-22(18)15-3-5-16(26)6-4-15/h3-6,8-9,12,14,31H,7,10-11H2,1-2H3,(H,29,30)(H,32,33). The van der Waals surface area contributed by atoms with Crippen LogP contribution >= 0.6 is 0 Å². The van der Waals surface area contributed by atoms with E-state index in [0.717, 1.165) is 24.5 Å². The Kier molecular flexibility index (Phi) is 5.03. The summed E-state index contributed by atoms with van der Waals surface area (Å²) in [7, 11) is 0. The van der Waals surface area contributed by atoms with Gasteiger partial charge in [0.15, 0.2) is 0 Å². The minimum Gasteiger partial charge on any atom is -0.352 e. The van der Waals surface area contributed by atoms with Crippen molar-refractivity contribution in [2.24, 2.45) is 5.92 Å². The van der Waals surface area contributed by atoms with Crippen molar-refractivity contribution in [3.8, 4) is 11.3 Å². The highest BCUT2D eigenvalue weighted by Crippen LogP contribution is 2.43. The minimum atomic E-state index is -0.666. The lowest BCUT2D eigenvalue weighted by atomic mass is 9.67. The second-order valence-electron chi connectivity index (χ2n) is 9.15. The smallest absolute Gasteiger partial charge is 0.270 e. The van der Waals surface area contributed by atoms with Crippen LogP contribution in [0.4, 0.5) is 13.2 Å². The molecular weight excluding hydrogens is 429 g/mol. The third-order valence-electron chi connectivity index (χ3n) is 6.51. The molecule has 170 valence electrons. The van der Waals surface area contributed by atoms with Crippen LogP contribution in [-0.4, -0.2) is 26.4 Å². The monoisotopic (exact) mass is 452 g/mol. The fourth-order valence-electron chi connectivity index (χ4n) is 5.03. The highest BCUT2D eigenvalue weighted by molar-refractivity contribution is 5.94. The maximum Gasteiger partial charge on any atom is 0.270 e. The number of amides is 1. The lowest BCUT2D eigenvalue weighted by Gasteiger charge is -2.46. The summed E-state index contributed by atoms with van der Waals surface area (Å²) in [4.78, 5) is 22.6. The molecule has 1 amide bonds. The van der Waals surface area contributed by atoms with Crippen molar-refractivity contribution in [1.82, 2.24) is 20.3 Å². The predicted octanol–water partition coefficient (Wildman–Crippen LogP) is 5.42. The second kappa shape index (κ2) is 7.79. The Morgan fingerprint density at radius 3 is 2.55 bits per heavy atom. The maximum absolute atomic E-state index is 14.5. The van der Waals surface area contributed by atoms with Gasteiger partial charge in [0.25, 0.3) is 5.91 Å². The van der Waals surface area contributed by atoms with Gasteiger partial charge in [0, 0.05) is 22.7 Å². The molecule has 0 unspecified atom stereocenters. The van der Waals surface area contributed by atoms with Crippen LogP contribution in [0.15, 0.2) is 42.7 Å². The molecule has 0 atom stereocenters. The van der Waals surface area contributed by atoms with Crippen LogP contribution in [0.1, 0.15) is 41.5 Å². The van der Waals surface area contributed by atoms with E-state index in [9.17, 15) is 18.0 Å². The molecule has 0 radical (unpaired) electrons. The summed E-state index contributed by atoms with van der Waals surface area (Å²) in [5, 5.41) is 3.56. The topological polar surface area (TPSA) is 73.6 Å². The van der Waals surface area contributed by atoms with Gasteiger partial charge in [-0.1, -0.05) is 0 Å². The van der Waals surface area contributed by atoms with Gasteiger partial charge in [-0.15, -0.1) is 0 Å². The lowest BCUT2D eigenvalue weighted by Crippen LogP contribution is -2.55. The number of H-pyrrole nitrogens is 2. The zero-order valence-corrected chi connectivity index (χ0v) is 18.2. The number of nitrogens with zero attached hydrogens (tertiary/aromatic N) is 1. The highest BCUT2D eigenvalue weighted by Gasteiger charge is 2.42. The lowest BCUT2D eigenvalue weighted by molar-refractivity contribution is 0.0741. The Morgan fingerprint density at radius 2 is 1.88 bits per heavy atom. The van der Waals surface area contributed by atoms with Crippen LogP contribution in [0.25, 0.3) is 22.2 Å². The van der Waals surface area contributed by atoms with Crippen molar-refractivity contribution in [2.45, 2.75) is 38.6 Å². The van der Waals surface area contributed by atoms with Gasteiger partial charge < -0.3 is 15.3 Å². The van der Waals surface area contributed by atoms with E-state index in [1.807, 2.05) is 6.92 Å². The Hall–Kier alpha value is -3.55. The van der Waals surface area contributed by atoms with Crippen LogP contribution in [0.3, 0.4) is 0 Å². The molecule has 0 spiro atoms. The Bertz CT molecular complexity index is 1350. The van der Waals surface area contributed by atoms with Crippen molar-refractivity contribution in [1.29, 1.82) is 0 Å². The third-order valence-corrected chi connectivity index (χ3v) is 6.51. The Morgan fingerprint density at radius 1 is 1.15 bits per heavy atom. The number of aromatic amines is 2. The molecule has 2 aromatic heterocycles. The van der Waals surface area contributed by atoms with Gasteiger partial charge >= 0.3 is 0 Å². The molecule has 1 aliphatic rings. The zero-order chi connectivity index (χ0) is 23.3. The molecule has 1 aliphatic carbocycles. The first-order valence-electron chi connectivity index (χ1n) is 10.8. The largest absolute Gasteiger partial charge is 0.352 e. The van der Waals surface area contributed by atoms with Crippen molar-refractivity contribution in [2.75, 3.05) is 0 Å². The minimum absolute atomic E-state index is 0.200. The summed E-state index contributed by atoms with van der Waals surface area (Å²) in [5.74, 6) is -1.67. The third kappa shape index (κ3) is 3.90. The zero-order valence-electron chi connectivity index (χ0n) is 18.2. The highest BCUT2D eigenvalue weighted by atomic mass is 19.1. The first-order valence-corrected chi connectivity index (χ1v) is 10.8. The summed E-state index contributed by atoms with van der Waals surface area (Å²) in [6.07, 6.45) is 3.51. The van der Waals surface area contributed by atoms with Crippen molar-refractivity contribution in [3.05, 3.63) is 77.1 Å². The number of halogens is 3. The number of hydrogen-bond donors (Lipinski definition) is 3. The quantitative estimate of drug-likeness (QED) is 0.378. The number of benzene rings is 2. The van der Waals surface area contributed by atoms with Crippen LogP contribution in [0, 0.1) is 30.3 Å². The van der Waals surface area contributed by atoms with E-state index in [0.29, 0.717) is 34.5 Å². The molecule has 8 heteroatoms. The first-order chi connectivity index (χ1) is 15.7. The Labute approximate surface area is 188 Å². The molecule has 33 heavy (non-hydrogen) atoms. The van der Waals surface area contributed by atoms with Crippen LogP contribution < -0.4 is 5.32 Å². The summed E-state index contributed by atoms with van der Waals surface area (Å²) < 4.78 is 42.0. The number of hydrogen-bond acceptors (Lipinski definition) is 2. The number of aryl methyl sites for hydroxylation is 1. The summed E-state index contributed by atoms with van der Waals surface area (Å²) >= 11 is 0. The Balaban J connectivity index is 1.41. The molecule has 5 rings (SSSR count). The summed E-state index contributed by atoms with van der Waals surface area (Å²) in [6.45, 7) is 3.76. The van der Waals surface area contributed by atoms with Crippen molar-refractivity contribution < 1.29 is 18.0 Å². The van der Waals surface area contributed by atoms with Gasteiger partial charge in [0.05, 0.1) is 17.5 Å². The first kappa shape index (κ1) is 21.3. The second-order valence-corrected chi connectivity index (χ2v) is 9.15. The average molecular weight is 452 g/mol. The number of rotatable bonds is 5. The molecule has 2 heterocycles. The van der Waals surface area contributed by atoms with E-state index in [1.54, 1.807) is 19.1 Å². The normalized spacial score (nSPS) is 20.1. The van der Waals surface area contributed by atoms with Crippen LogP contribution in [0.5, 0.6) is 0 Å². The molecule has 5 nitrogen and oxygen atoms in total. The van der Waals surface area contributed by atoms with Gasteiger partial charge in [0.1, 0.15) is 23.1 Å². The van der Waals surface area contributed by atoms with E-state index in [1.165, 1.54) is 24.5 Å². The molecular formula is C25H23F3N4O. The number of fused-ring (bicyclic) bond motifs is 1. The maximum atomic E-state index is 14.5. The van der Waals surface area contributed by atoms with E-state index in [-0.39, 0.29) is 28.7 Å². The van der Waals surface area contributed by atoms with Crippen molar-refractivity contribution >= 4 is 16.8 Å². The van der Waals surface area contributed by atoms with Crippen LogP contribution in [-0.2, 0) is 6.42 Å². The number of aromatic nitrogens is 3. The van der Waals surface area contributed by atoms with Gasteiger partial charge in [-0.3, -0.25) is 4.79 Å². The number of imidazole rings is 1. The van der Waals surface area contributed by atoms with Crippen LogP contribution in [0.2, 0.25) is 0 Å². The molecule has 1 fully saturated rings. The fraction of sp³-hybridized carbons (Fsp3) is 0.280. The van der Waals surface area contributed by atoms with Gasteiger partial charge in [-0.25, -0.2) is 18.2 Å². The van der Waals surface area contributed by atoms with E-state index in [2.05, 4.69) is 20.3 Å². The average Bonchev–Trinajstić information content (AvgIpc) is 3.32. The van der Waals surface area contributed by atoms with E-state index < -0.39 is 11.6 Å². The molecule has 0 aliphatic heterocycles. The molecule has 2 aromatic carbocycles. The SMILES string of the molecule is Cc1nc[nH]c1C(=O)NC1(C)CC(Cc2c(-c3ccc(F)cc3)[nH]c3c(F)cc(F)cc23)C1. The summed E-state index contributed by atoms with van der Waals surface area (Å²) in [6, 6.07) is 8.11. The fourth-order valence-corrected chi connectivity index (χ4v) is 5.03. The van der Waals surface area contributed by atoms with Crippen molar-refractivity contribution in [3.63, 3.8) is 0 Å². The molecule has 1 saturated carbocycles. The molecule has 0 saturated heterocycles. The number of nitrogens with one attached hydrogen (secondary N) is 3. The molecule has 0 bridgehead atoms. The van der Waals surface area contributed by atoms with Gasteiger partial charge in [-0.2, -0.15) is 0 Å².